The molecule has 1 fully saturated rings. The molecular formula is C23H26N6O. The number of nitrogens with one attached hydrogen (secondary N) is 1. The predicted molar refractivity (Wildman–Crippen MR) is 115 cm³/mol. The van der Waals surface area contributed by atoms with Crippen LogP contribution in [0.25, 0.3) is 10.9 Å². The molecule has 0 saturated carbocycles. The van der Waals surface area contributed by atoms with Crippen molar-refractivity contribution in [2.24, 2.45) is 13.0 Å². The van der Waals surface area contributed by atoms with Gasteiger partial charge in [0.15, 0.2) is 0 Å². The van der Waals surface area contributed by atoms with E-state index in [1.807, 2.05) is 7.11 Å². The fourth-order valence-corrected chi connectivity index (χ4v) is 5.56. The third kappa shape index (κ3) is 2.79. The molecule has 0 amide bonds. The van der Waals surface area contributed by atoms with Gasteiger partial charge >= 0.3 is 0 Å². The first-order valence-electron chi connectivity index (χ1n) is 10.3. The number of nitriles is 1. The van der Waals surface area contributed by atoms with Crippen LogP contribution in [-0.4, -0.2) is 52.7 Å². The maximum Gasteiger partial charge on any atom is 0.222 e. The third-order valence-electron chi connectivity index (χ3n) is 6.86. The normalized spacial score (nSPS) is 25.7. The van der Waals surface area contributed by atoms with E-state index in [-0.39, 0.29) is 5.60 Å². The summed E-state index contributed by atoms with van der Waals surface area (Å²) < 4.78 is 8.61. The third-order valence-corrected chi connectivity index (χ3v) is 6.86. The second-order valence-electron chi connectivity index (χ2n) is 8.58. The summed E-state index contributed by atoms with van der Waals surface area (Å²) in [6.07, 6.45) is 7.31. The highest BCUT2D eigenvalue weighted by Crippen LogP contribution is 2.49. The van der Waals surface area contributed by atoms with Crippen molar-refractivity contribution in [3.63, 3.8) is 0 Å². The minimum absolute atomic E-state index is 0.311. The smallest absolute Gasteiger partial charge is 0.222 e. The van der Waals surface area contributed by atoms with Crippen molar-refractivity contribution < 1.29 is 4.74 Å². The van der Waals surface area contributed by atoms with Crippen molar-refractivity contribution in [2.75, 3.05) is 32.6 Å². The van der Waals surface area contributed by atoms with Crippen LogP contribution in [0, 0.1) is 17.2 Å². The van der Waals surface area contributed by atoms with Gasteiger partial charge in [0.05, 0.1) is 18.0 Å². The van der Waals surface area contributed by atoms with E-state index in [0.29, 0.717) is 23.5 Å². The van der Waals surface area contributed by atoms with E-state index in [0.717, 1.165) is 25.9 Å². The maximum absolute atomic E-state index is 8.92. The van der Waals surface area contributed by atoms with Crippen LogP contribution in [-0.2, 0) is 23.8 Å². The quantitative estimate of drug-likeness (QED) is 0.723. The minimum atomic E-state index is -0.335. The molecule has 0 bridgehead atoms. The molecule has 1 aliphatic heterocycles. The van der Waals surface area contributed by atoms with E-state index >= 15 is 0 Å². The van der Waals surface area contributed by atoms with Gasteiger partial charge in [-0.15, -0.1) is 0 Å². The average Bonchev–Trinajstić information content (AvgIpc) is 3.10. The summed E-state index contributed by atoms with van der Waals surface area (Å²) in [5, 5.41) is 13.6. The number of fused-ring (bicyclic) bond motifs is 2. The minimum Gasteiger partial charge on any atom is -0.372 e. The lowest BCUT2D eigenvalue weighted by Gasteiger charge is -2.53. The Morgan fingerprint density at radius 2 is 2.10 bits per heavy atom. The fourth-order valence-electron chi connectivity index (χ4n) is 5.56. The molecule has 7 nitrogen and oxygen atoms in total. The molecule has 1 aliphatic carbocycles. The number of hydrogen-bond donors (Lipinski definition) is 1. The summed E-state index contributed by atoms with van der Waals surface area (Å²) in [6.45, 7) is 1.74. The molecule has 3 atom stereocenters. The average molecular weight is 403 g/mol. The number of anilines is 1. The topological polar surface area (TPSA) is 79.0 Å². The van der Waals surface area contributed by atoms with E-state index in [4.69, 9.17) is 10.00 Å². The Kier molecular flexibility index (Phi) is 4.49. The van der Waals surface area contributed by atoms with E-state index in [2.05, 4.69) is 69.3 Å². The first kappa shape index (κ1) is 19.0. The van der Waals surface area contributed by atoms with Crippen molar-refractivity contribution in [3.8, 4) is 6.07 Å². The van der Waals surface area contributed by atoms with Crippen LogP contribution in [0.4, 0.5) is 5.95 Å². The van der Waals surface area contributed by atoms with Gasteiger partial charge in [-0.05, 0) is 43.0 Å². The van der Waals surface area contributed by atoms with Gasteiger partial charge in [-0.2, -0.15) is 5.26 Å². The molecule has 0 radical (unpaired) electrons. The number of aromatic nitrogens is 3. The molecular weight excluding hydrogens is 376 g/mol. The zero-order chi connectivity index (χ0) is 20.9. The van der Waals surface area contributed by atoms with Gasteiger partial charge in [-0.1, -0.05) is 12.1 Å². The molecule has 0 unspecified atom stereocenters. The van der Waals surface area contributed by atoms with E-state index in [9.17, 15) is 0 Å². The number of likely N-dealkylation sites (tertiary alicyclic amines) is 1. The number of ether oxygens (including phenoxy) is 1. The molecule has 1 aromatic carbocycles. The van der Waals surface area contributed by atoms with Gasteiger partial charge < -0.3 is 14.6 Å². The Morgan fingerprint density at radius 3 is 2.83 bits per heavy atom. The Hall–Kier alpha value is -2.95. The molecule has 3 heterocycles. The second kappa shape index (κ2) is 7.08. The highest BCUT2D eigenvalue weighted by atomic mass is 16.5. The lowest BCUT2D eigenvalue weighted by Crippen LogP contribution is -2.60. The van der Waals surface area contributed by atoms with Crippen LogP contribution in [0.3, 0.4) is 0 Å². The van der Waals surface area contributed by atoms with E-state index in [1.165, 1.54) is 22.0 Å². The number of aryl methyl sites for hydroxylation is 1. The fraction of sp³-hybridized carbons (Fsp3) is 0.435. The summed E-state index contributed by atoms with van der Waals surface area (Å²) in [4.78, 5) is 10.9. The molecule has 2 aliphatic rings. The van der Waals surface area contributed by atoms with Crippen molar-refractivity contribution in [1.29, 1.82) is 5.26 Å². The van der Waals surface area contributed by atoms with Crippen molar-refractivity contribution in [3.05, 3.63) is 53.5 Å². The summed E-state index contributed by atoms with van der Waals surface area (Å²) >= 11 is 0. The SMILES string of the molecule is CO[C@]12C[C@@H](CNc3ncc(C#N)cn3)CN(C)[C@@H]1Cc1cn(C)c3cccc2c13. The van der Waals surface area contributed by atoms with Gasteiger partial charge in [0, 0.05) is 50.4 Å². The maximum atomic E-state index is 8.92. The van der Waals surface area contributed by atoms with Gasteiger partial charge in [-0.3, -0.25) is 4.90 Å². The van der Waals surface area contributed by atoms with E-state index in [1.54, 1.807) is 12.4 Å². The molecule has 3 aromatic rings. The van der Waals surface area contributed by atoms with Crippen LogP contribution in [0.5, 0.6) is 0 Å². The largest absolute Gasteiger partial charge is 0.372 e. The van der Waals surface area contributed by atoms with Gasteiger partial charge in [0.25, 0.3) is 0 Å². The number of piperidine rings is 1. The molecule has 2 aromatic heterocycles. The first-order valence-corrected chi connectivity index (χ1v) is 10.3. The molecule has 154 valence electrons. The van der Waals surface area contributed by atoms with Crippen LogP contribution in [0.1, 0.15) is 23.1 Å². The molecule has 0 spiro atoms. The van der Waals surface area contributed by atoms with Crippen molar-refractivity contribution >= 4 is 16.9 Å². The molecule has 1 N–H and O–H groups in total. The predicted octanol–water partition coefficient (Wildman–Crippen LogP) is 2.67. The monoisotopic (exact) mass is 402 g/mol. The number of hydrogen-bond acceptors (Lipinski definition) is 6. The Morgan fingerprint density at radius 1 is 1.30 bits per heavy atom. The molecule has 1 saturated heterocycles. The molecule has 7 heteroatoms. The summed E-state index contributed by atoms with van der Waals surface area (Å²) in [5.74, 6) is 0.937. The van der Waals surface area contributed by atoms with Crippen LogP contribution in [0.15, 0.2) is 36.8 Å². The highest BCUT2D eigenvalue weighted by Gasteiger charge is 2.51. The summed E-state index contributed by atoms with van der Waals surface area (Å²) in [6, 6.07) is 8.95. The lowest BCUT2D eigenvalue weighted by molar-refractivity contribution is -0.123. The Labute approximate surface area is 176 Å². The second-order valence-corrected chi connectivity index (χ2v) is 8.58. The highest BCUT2D eigenvalue weighted by molar-refractivity contribution is 5.89. The number of rotatable bonds is 4. The number of benzene rings is 1. The van der Waals surface area contributed by atoms with Gasteiger partial charge in [-0.25, -0.2) is 9.97 Å². The number of methoxy groups -OCH3 is 1. The summed E-state index contributed by atoms with van der Waals surface area (Å²) in [5.41, 5.74) is 4.12. The Balaban J connectivity index is 1.46. The van der Waals surface area contributed by atoms with Crippen molar-refractivity contribution in [2.45, 2.75) is 24.5 Å². The zero-order valence-corrected chi connectivity index (χ0v) is 17.6. The number of likely N-dealkylation sites (N-methyl/N-ethyl adjacent to an activating group) is 1. The molecule has 5 rings (SSSR count). The molecule has 30 heavy (non-hydrogen) atoms. The van der Waals surface area contributed by atoms with Gasteiger partial charge in [0.1, 0.15) is 11.7 Å². The zero-order valence-electron chi connectivity index (χ0n) is 17.6. The van der Waals surface area contributed by atoms with Crippen LogP contribution >= 0.6 is 0 Å². The van der Waals surface area contributed by atoms with Crippen molar-refractivity contribution in [1.82, 2.24) is 19.4 Å². The van der Waals surface area contributed by atoms with E-state index < -0.39 is 0 Å². The van der Waals surface area contributed by atoms with Crippen LogP contribution < -0.4 is 5.32 Å². The first-order chi connectivity index (χ1) is 14.6. The Bertz CT molecular complexity index is 1130. The summed E-state index contributed by atoms with van der Waals surface area (Å²) in [7, 11) is 6.18. The van der Waals surface area contributed by atoms with Gasteiger partial charge in [0.2, 0.25) is 5.95 Å². The van der Waals surface area contributed by atoms with Crippen LogP contribution in [0.2, 0.25) is 0 Å². The number of nitrogens with zero attached hydrogens (tertiary/aromatic N) is 5. The lowest BCUT2D eigenvalue weighted by atomic mass is 9.68. The standard InChI is InChI=1S/C23H26N6O/c1-28-14-17-7-20-23(30-3,18-5-4-6-19(28)21(17)18)8-15(13-29(20)2)10-25-22-26-11-16(9-24)12-27-22/h4-6,11-12,14-15,20H,7-8,10,13H2,1-3H3,(H,25,26,27)/t15-,20+,23-/m0/s1.